The van der Waals surface area contributed by atoms with Crippen LogP contribution in [0.15, 0.2) is 30.5 Å². The molecule has 3 N–H and O–H groups in total. The highest BCUT2D eigenvalue weighted by molar-refractivity contribution is 5.91. The van der Waals surface area contributed by atoms with E-state index in [0.717, 1.165) is 18.4 Å². The van der Waals surface area contributed by atoms with Crippen LogP contribution in [-0.4, -0.2) is 33.5 Å². The van der Waals surface area contributed by atoms with Crippen LogP contribution >= 0.6 is 0 Å². The Labute approximate surface area is 127 Å². The molecule has 1 aliphatic rings. The van der Waals surface area contributed by atoms with Crippen molar-refractivity contribution in [1.82, 2.24) is 20.3 Å². The lowest BCUT2D eigenvalue weighted by Gasteiger charge is -2.10. The molecular weight excluding hydrogens is 285 g/mol. The van der Waals surface area contributed by atoms with Gasteiger partial charge < -0.3 is 11.1 Å². The van der Waals surface area contributed by atoms with E-state index in [4.69, 9.17) is 5.73 Å². The number of aromatic nitrogens is 3. The molecule has 0 aliphatic heterocycles. The van der Waals surface area contributed by atoms with E-state index in [-0.39, 0.29) is 23.5 Å². The van der Waals surface area contributed by atoms with Crippen molar-refractivity contribution < 1.29 is 9.18 Å². The number of hydrogen-bond donors (Lipinski definition) is 2. The second-order valence-electron chi connectivity index (χ2n) is 5.64. The van der Waals surface area contributed by atoms with Gasteiger partial charge in [0, 0.05) is 12.6 Å². The predicted octanol–water partition coefficient (Wildman–Crippen LogP) is 0.933. The smallest absolute Gasteiger partial charge is 0.273 e. The highest BCUT2D eigenvalue weighted by Gasteiger charge is 2.28. The highest BCUT2D eigenvalue weighted by Crippen LogP contribution is 2.31. The van der Waals surface area contributed by atoms with Gasteiger partial charge in [0.05, 0.1) is 12.7 Å². The number of amides is 1. The van der Waals surface area contributed by atoms with E-state index in [1.807, 2.05) is 0 Å². The molecule has 1 atom stereocenters. The van der Waals surface area contributed by atoms with Crippen molar-refractivity contribution in [2.24, 2.45) is 11.7 Å². The number of rotatable bonds is 6. The Balaban J connectivity index is 1.56. The molecule has 116 valence electrons. The third kappa shape index (κ3) is 3.67. The average Bonchev–Trinajstić information content (AvgIpc) is 3.25. The SMILES string of the molecule is NC(CNC(=O)c1cn(Cc2cccc(F)c2)nn1)C1CC1. The van der Waals surface area contributed by atoms with Gasteiger partial charge in [0.15, 0.2) is 5.69 Å². The third-order valence-electron chi connectivity index (χ3n) is 3.73. The fourth-order valence-electron chi connectivity index (χ4n) is 2.29. The zero-order valence-corrected chi connectivity index (χ0v) is 12.1. The minimum Gasteiger partial charge on any atom is -0.349 e. The molecule has 0 spiro atoms. The first-order valence-corrected chi connectivity index (χ1v) is 7.30. The van der Waals surface area contributed by atoms with E-state index in [0.29, 0.717) is 19.0 Å². The minimum absolute atomic E-state index is 0.00582. The number of carbonyl (C=O) groups excluding carboxylic acids is 1. The summed E-state index contributed by atoms with van der Waals surface area (Å²) in [5, 5.41) is 10.5. The first-order chi connectivity index (χ1) is 10.6. The average molecular weight is 303 g/mol. The van der Waals surface area contributed by atoms with Crippen LogP contribution in [0.3, 0.4) is 0 Å². The van der Waals surface area contributed by atoms with Crippen molar-refractivity contribution >= 4 is 5.91 Å². The monoisotopic (exact) mass is 303 g/mol. The van der Waals surface area contributed by atoms with E-state index in [2.05, 4.69) is 15.6 Å². The van der Waals surface area contributed by atoms with Crippen LogP contribution in [-0.2, 0) is 6.54 Å². The van der Waals surface area contributed by atoms with Crippen molar-refractivity contribution in [3.05, 3.63) is 47.5 Å². The highest BCUT2D eigenvalue weighted by atomic mass is 19.1. The number of halogens is 1. The van der Waals surface area contributed by atoms with Gasteiger partial charge >= 0.3 is 0 Å². The van der Waals surface area contributed by atoms with Gasteiger partial charge in [0.25, 0.3) is 5.91 Å². The van der Waals surface area contributed by atoms with Gasteiger partial charge in [-0.05, 0) is 36.5 Å². The summed E-state index contributed by atoms with van der Waals surface area (Å²) >= 11 is 0. The summed E-state index contributed by atoms with van der Waals surface area (Å²) in [6.45, 7) is 0.805. The number of nitrogens with zero attached hydrogens (tertiary/aromatic N) is 3. The Bertz CT molecular complexity index is 667. The van der Waals surface area contributed by atoms with Crippen LogP contribution in [0.25, 0.3) is 0 Å². The fourth-order valence-corrected chi connectivity index (χ4v) is 2.29. The summed E-state index contributed by atoms with van der Waals surface area (Å²) in [5.74, 6) is -0.0600. The molecule has 1 aliphatic carbocycles. The molecule has 1 amide bonds. The van der Waals surface area contributed by atoms with Crippen molar-refractivity contribution in [2.75, 3.05) is 6.54 Å². The predicted molar refractivity (Wildman–Crippen MR) is 78.6 cm³/mol. The van der Waals surface area contributed by atoms with Gasteiger partial charge in [-0.15, -0.1) is 5.10 Å². The molecule has 22 heavy (non-hydrogen) atoms. The van der Waals surface area contributed by atoms with Gasteiger partial charge in [0.1, 0.15) is 5.82 Å². The largest absolute Gasteiger partial charge is 0.349 e. The molecule has 0 bridgehead atoms. The van der Waals surface area contributed by atoms with Gasteiger partial charge in [-0.2, -0.15) is 0 Å². The van der Waals surface area contributed by atoms with Gasteiger partial charge in [-0.25, -0.2) is 9.07 Å². The second-order valence-corrected chi connectivity index (χ2v) is 5.64. The Kier molecular flexibility index (Phi) is 4.15. The molecular formula is C15H18FN5O. The van der Waals surface area contributed by atoms with Gasteiger partial charge in [-0.3, -0.25) is 4.79 Å². The summed E-state index contributed by atoms with van der Waals surface area (Å²) in [5.41, 5.74) is 6.93. The zero-order chi connectivity index (χ0) is 15.5. The summed E-state index contributed by atoms with van der Waals surface area (Å²) in [7, 11) is 0. The van der Waals surface area contributed by atoms with E-state index in [9.17, 15) is 9.18 Å². The van der Waals surface area contributed by atoms with Crippen LogP contribution < -0.4 is 11.1 Å². The van der Waals surface area contributed by atoms with Crippen LogP contribution in [0, 0.1) is 11.7 Å². The number of carbonyl (C=O) groups is 1. The van der Waals surface area contributed by atoms with Crippen LogP contribution in [0.2, 0.25) is 0 Å². The van der Waals surface area contributed by atoms with Crippen molar-refractivity contribution in [3.8, 4) is 0 Å². The molecule has 7 heteroatoms. The molecule has 0 saturated heterocycles. The van der Waals surface area contributed by atoms with Gasteiger partial charge in [0.2, 0.25) is 0 Å². The minimum atomic E-state index is -0.301. The number of nitrogens with two attached hydrogens (primary N) is 1. The maximum Gasteiger partial charge on any atom is 0.273 e. The van der Waals surface area contributed by atoms with Crippen molar-refractivity contribution in [3.63, 3.8) is 0 Å². The van der Waals surface area contributed by atoms with E-state index < -0.39 is 0 Å². The maximum absolute atomic E-state index is 13.1. The molecule has 1 aromatic heterocycles. The van der Waals surface area contributed by atoms with E-state index in [1.54, 1.807) is 18.3 Å². The molecule has 0 radical (unpaired) electrons. The lowest BCUT2D eigenvalue weighted by molar-refractivity contribution is 0.0945. The Morgan fingerprint density at radius 3 is 3.05 bits per heavy atom. The summed E-state index contributed by atoms with van der Waals surface area (Å²) in [4.78, 5) is 12.0. The summed E-state index contributed by atoms with van der Waals surface area (Å²) in [6, 6.07) is 6.24. The molecule has 1 fully saturated rings. The molecule has 1 heterocycles. The van der Waals surface area contributed by atoms with E-state index in [1.165, 1.54) is 16.8 Å². The second kappa shape index (κ2) is 6.23. The molecule has 1 saturated carbocycles. The normalized spacial score (nSPS) is 15.5. The van der Waals surface area contributed by atoms with Gasteiger partial charge in [-0.1, -0.05) is 17.3 Å². The number of hydrogen-bond acceptors (Lipinski definition) is 4. The molecule has 3 rings (SSSR count). The molecule has 1 aromatic carbocycles. The van der Waals surface area contributed by atoms with Crippen molar-refractivity contribution in [1.29, 1.82) is 0 Å². The standard InChI is InChI=1S/C15H18FN5O/c16-12-3-1-2-10(6-12)8-21-9-14(19-20-21)15(22)18-7-13(17)11-4-5-11/h1-3,6,9,11,13H,4-5,7-8,17H2,(H,18,22). The summed E-state index contributed by atoms with van der Waals surface area (Å²) in [6.07, 6.45) is 3.82. The first-order valence-electron chi connectivity index (χ1n) is 7.30. The van der Waals surface area contributed by atoms with Crippen molar-refractivity contribution in [2.45, 2.75) is 25.4 Å². The van der Waals surface area contributed by atoms with E-state index >= 15 is 0 Å². The Morgan fingerprint density at radius 1 is 1.50 bits per heavy atom. The molecule has 2 aromatic rings. The lowest BCUT2D eigenvalue weighted by atomic mass is 10.2. The lowest BCUT2D eigenvalue weighted by Crippen LogP contribution is -2.38. The fraction of sp³-hybridized carbons (Fsp3) is 0.400. The number of nitrogens with one attached hydrogen (secondary N) is 1. The zero-order valence-electron chi connectivity index (χ0n) is 12.1. The quantitative estimate of drug-likeness (QED) is 0.831. The number of benzene rings is 1. The summed E-state index contributed by atoms with van der Waals surface area (Å²) < 4.78 is 14.6. The molecule has 1 unspecified atom stereocenters. The van der Waals surface area contributed by atoms with Crippen LogP contribution in [0.4, 0.5) is 4.39 Å². The maximum atomic E-state index is 13.1. The van der Waals surface area contributed by atoms with Crippen LogP contribution in [0.5, 0.6) is 0 Å². The Morgan fingerprint density at radius 2 is 2.32 bits per heavy atom. The molecule has 6 nitrogen and oxygen atoms in total. The third-order valence-corrected chi connectivity index (χ3v) is 3.73. The topological polar surface area (TPSA) is 85.8 Å². The van der Waals surface area contributed by atoms with Crippen LogP contribution in [0.1, 0.15) is 28.9 Å². The first kappa shape index (κ1) is 14.6. The Hall–Kier alpha value is -2.28.